The van der Waals surface area contributed by atoms with Crippen molar-refractivity contribution in [2.24, 2.45) is 0 Å². The van der Waals surface area contributed by atoms with Crippen molar-refractivity contribution in [2.45, 2.75) is 44.7 Å². The normalized spacial score (nSPS) is 22.0. The number of nitrogens with zero attached hydrogens (tertiary/aromatic N) is 2. The quantitative estimate of drug-likeness (QED) is 0.357. The van der Waals surface area contributed by atoms with Crippen LogP contribution in [0, 0.1) is 6.92 Å². The molecule has 1 fully saturated rings. The Balaban J connectivity index is 1.67. The maximum absolute atomic E-state index is 12.7. The summed E-state index contributed by atoms with van der Waals surface area (Å²) in [7, 11) is -2.79. The van der Waals surface area contributed by atoms with E-state index in [9.17, 15) is 29.2 Å². The van der Waals surface area contributed by atoms with Gasteiger partial charge in [-0.3, -0.25) is 19.1 Å². The molecule has 1 aliphatic rings. The van der Waals surface area contributed by atoms with Crippen LogP contribution in [0.25, 0.3) is 0 Å². The molecule has 0 amide bonds. The highest BCUT2D eigenvalue weighted by Gasteiger charge is 2.44. The standard InChI is InChI=1S/C19H22N3O9P/c1-11-9-21(19(27)20-17(11)24)16-8-14(23)15(30-16)10-29-32(28)22(12(2)18(25)26)31-13-6-4-3-5-7-13/h3-7,9,12,14-16,23H,8,10H2,1-2H3,(H-,20,24,25,26,27)/p+1/t12?,14-,15+,16+/m1/s1. The van der Waals surface area contributed by atoms with E-state index in [1.165, 1.54) is 20.0 Å². The van der Waals surface area contributed by atoms with Gasteiger partial charge in [-0.15, -0.1) is 4.52 Å². The van der Waals surface area contributed by atoms with Gasteiger partial charge in [0.1, 0.15) is 23.8 Å². The van der Waals surface area contributed by atoms with Crippen LogP contribution in [0.15, 0.2) is 46.1 Å². The van der Waals surface area contributed by atoms with Crippen LogP contribution in [0.5, 0.6) is 5.75 Å². The number of para-hydroxylation sites is 1. The molecule has 12 nitrogen and oxygen atoms in total. The van der Waals surface area contributed by atoms with E-state index in [1.807, 2.05) is 0 Å². The second-order valence-corrected chi connectivity index (χ2v) is 8.29. The van der Waals surface area contributed by atoms with Crippen molar-refractivity contribution in [2.75, 3.05) is 6.61 Å². The Labute approximate surface area is 182 Å². The third-order valence-corrected chi connectivity index (χ3v) is 5.92. The molecule has 5 atom stereocenters. The number of ether oxygens (including phenoxy) is 1. The molecule has 13 heteroatoms. The van der Waals surface area contributed by atoms with Crippen molar-refractivity contribution in [3.05, 3.63) is 62.9 Å². The van der Waals surface area contributed by atoms with E-state index in [2.05, 4.69) is 4.98 Å². The van der Waals surface area contributed by atoms with Crippen LogP contribution in [-0.2, 0) is 18.6 Å². The third kappa shape index (κ3) is 5.47. The molecule has 1 aromatic heterocycles. The van der Waals surface area contributed by atoms with Gasteiger partial charge in [-0.1, -0.05) is 18.2 Å². The van der Waals surface area contributed by atoms with Crippen molar-refractivity contribution in [3.8, 4) is 5.75 Å². The van der Waals surface area contributed by atoms with E-state index in [4.69, 9.17) is 14.1 Å². The fraction of sp³-hybridized carbons (Fsp3) is 0.421. The number of hydrogen-bond acceptors (Lipinski definition) is 8. The molecule has 3 rings (SSSR count). The first-order chi connectivity index (χ1) is 15.2. The molecule has 0 aliphatic carbocycles. The predicted octanol–water partition coefficient (Wildman–Crippen LogP) is 0.937. The van der Waals surface area contributed by atoms with Crippen LogP contribution >= 0.6 is 8.18 Å². The van der Waals surface area contributed by atoms with Gasteiger partial charge in [0, 0.05) is 18.2 Å². The molecule has 2 aromatic rings. The Kier molecular flexibility index (Phi) is 7.54. The Hall–Kier alpha value is -2.89. The molecule has 3 N–H and O–H groups in total. The largest absolute Gasteiger partial charge is 0.653 e. The average molecular weight is 468 g/mol. The minimum absolute atomic E-state index is 0.0337. The highest BCUT2D eigenvalue weighted by atomic mass is 31.1. The summed E-state index contributed by atoms with van der Waals surface area (Å²) in [5.74, 6) is -1.02. The van der Waals surface area contributed by atoms with Gasteiger partial charge in [-0.2, -0.15) is 0 Å². The number of aliphatic hydroxyl groups excluding tert-OH is 1. The molecule has 32 heavy (non-hydrogen) atoms. The lowest BCUT2D eigenvalue weighted by atomic mass is 10.2. The van der Waals surface area contributed by atoms with Gasteiger partial charge < -0.3 is 19.8 Å². The Bertz CT molecular complexity index is 1090. The molecule has 172 valence electrons. The lowest BCUT2D eigenvalue weighted by Crippen LogP contribution is -2.37. The van der Waals surface area contributed by atoms with E-state index in [0.717, 1.165) is 4.57 Å². The van der Waals surface area contributed by atoms with Gasteiger partial charge >= 0.3 is 19.8 Å². The minimum atomic E-state index is -2.79. The van der Waals surface area contributed by atoms with Gasteiger partial charge in [0.15, 0.2) is 11.8 Å². The summed E-state index contributed by atoms with van der Waals surface area (Å²) >= 11 is 0. The maximum Gasteiger partial charge on any atom is 0.653 e. The van der Waals surface area contributed by atoms with Gasteiger partial charge in [0.25, 0.3) is 5.56 Å². The number of hydroxylamine groups is 1. The summed E-state index contributed by atoms with van der Waals surface area (Å²) in [4.78, 5) is 43.3. The number of carboxylic acids is 1. The lowest BCUT2D eigenvalue weighted by molar-refractivity contribution is -0.148. The first-order valence-corrected chi connectivity index (χ1v) is 10.8. The number of rotatable bonds is 9. The number of benzene rings is 1. The summed E-state index contributed by atoms with van der Waals surface area (Å²) in [6, 6.07) is 6.88. The fourth-order valence-electron chi connectivity index (χ4n) is 2.97. The number of aromatic nitrogens is 2. The molecule has 0 radical (unpaired) electrons. The summed E-state index contributed by atoms with van der Waals surface area (Å²) < 4.78 is 24.8. The van der Waals surface area contributed by atoms with E-state index in [1.54, 1.807) is 30.3 Å². The van der Waals surface area contributed by atoms with Crippen molar-refractivity contribution in [1.82, 2.24) is 14.4 Å². The van der Waals surface area contributed by atoms with Crippen molar-refractivity contribution in [3.63, 3.8) is 0 Å². The molecule has 1 aromatic carbocycles. The van der Waals surface area contributed by atoms with E-state index >= 15 is 0 Å². The molecule has 1 aliphatic heterocycles. The monoisotopic (exact) mass is 468 g/mol. The van der Waals surface area contributed by atoms with Crippen molar-refractivity contribution >= 4 is 14.1 Å². The van der Waals surface area contributed by atoms with E-state index < -0.39 is 49.9 Å². The highest BCUT2D eigenvalue weighted by Crippen LogP contribution is 2.35. The van der Waals surface area contributed by atoms with E-state index in [0.29, 0.717) is 10.4 Å². The number of aliphatic hydroxyl groups is 1. The summed E-state index contributed by atoms with van der Waals surface area (Å²) in [6.45, 7) is 2.45. The second kappa shape index (κ2) is 10.2. The van der Waals surface area contributed by atoms with Crippen molar-refractivity contribution in [1.29, 1.82) is 0 Å². The molecule has 0 bridgehead atoms. The number of aliphatic carboxylic acids is 1. The Morgan fingerprint density at radius 1 is 1.38 bits per heavy atom. The summed E-state index contributed by atoms with van der Waals surface area (Å²) in [6.07, 6.45) is -1.51. The van der Waals surface area contributed by atoms with E-state index in [-0.39, 0.29) is 18.8 Å². The van der Waals surface area contributed by atoms with Crippen LogP contribution in [0.2, 0.25) is 0 Å². The smallest absolute Gasteiger partial charge is 0.480 e. The number of hydrogen-bond donors (Lipinski definition) is 3. The van der Waals surface area contributed by atoms with Crippen LogP contribution in [0.4, 0.5) is 0 Å². The molecule has 0 spiro atoms. The maximum atomic E-state index is 12.7. The van der Waals surface area contributed by atoms with Crippen LogP contribution in [-0.4, -0.2) is 55.4 Å². The molecule has 2 unspecified atom stereocenters. The van der Waals surface area contributed by atoms with Crippen LogP contribution in [0.3, 0.4) is 0 Å². The first kappa shape index (κ1) is 23.8. The average Bonchev–Trinajstić information content (AvgIpc) is 3.13. The number of carbonyl (C=O) groups is 1. The topological polar surface area (TPSA) is 160 Å². The van der Waals surface area contributed by atoms with Gasteiger partial charge in [0.05, 0.1) is 6.10 Å². The number of carboxylic acid groups (broad SMARTS) is 1. The summed E-state index contributed by atoms with van der Waals surface area (Å²) in [5.41, 5.74) is -0.919. The highest BCUT2D eigenvalue weighted by molar-refractivity contribution is 7.36. The predicted molar refractivity (Wildman–Crippen MR) is 110 cm³/mol. The zero-order chi connectivity index (χ0) is 23.4. The zero-order valence-electron chi connectivity index (χ0n) is 17.3. The number of aromatic amines is 1. The molecule has 0 saturated carbocycles. The SMILES string of the molecule is Cc1cn([C@@H]2C[C@@H](O)[C@H](CO[P+](=O)N(Oc3ccccc3)C(C)C(=O)O)O2)c(=O)[nH]c1=O. The van der Waals surface area contributed by atoms with Gasteiger partial charge in [-0.25, -0.2) is 4.79 Å². The van der Waals surface area contributed by atoms with Crippen molar-refractivity contribution < 1.29 is 33.7 Å². The first-order valence-electron chi connectivity index (χ1n) is 9.68. The molecule has 2 heterocycles. The second-order valence-electron chi connectivity index (χ2n) is 7.17. The number of aryl methyl sites for hydroxylation is 1. The Morgan fingerprint density at radius 2 is 2.06 bits per heavy atom. The molecule has 1 saturated heterocycles. The summed E-state index contributed by atoms with van der Waals surface area (Å²) in [5, 5.41) is 19.6. The number of H-pyrrole nitrogens is 1. The van der Waals surface area contributed by atoms with Crippen LogP contribution < -0.4 is 16.1 Å². The third-order valence-electron chi connectivity index (χ3n) is 4.80. The van der Waals surface area contributed by atoms with Gasteiger partial charge in [0.2, 0.25) is 0 Å². The fourth-order valence-corrected chi connectivity index (χ4v) is 3.90. The lowest BCUT2D eigenvalue weighted by Gasteiger charge is -2.16. The van der Waals surface area contributed by atoms with Crippen LogP contribution in [0.1, 0.15) is 25.1 Å². The zero-order valence-corrected chi connectivity index (χ0v) is 18.2. The molecular formula is C19H23N3O9P+. The Morgan fingerprint density at radius 3 is 2.72 bits per heavy atom. The minimum Gasteiger partial charge on any atom is -0.480 e. The molecular weight excluding hydrogens is 445 g/mol. The number of nitrogens with one attached hydrogen (secondary N) is 1. The van der Waals surface area contributed by atoms with Gasteiger partial charge in [-0.05, 0) is 30.5 Å².